The Balaban J connectivity index is 1.62. The van der Waals surface area contributed by atoms with E-state index in [1.54, 1.807) is 6.20 Å². The summed E-state index contributed by atoms with van der Waals surface area (Å²) in [4.78, 5) is 4.62. The summed E-state index contributed by atoms with van der Waals surface area (Å²) in [5.41, 5.74) is 7.47. The maximum absolute atomic E-state index is 6.59. The molecular weight excluding hydrogens is 386 g/mol. The molecule has 0 atom stereocenters. The summed E-state index contributed by atoms with van der Waals surface area (Å²) in [5, 5.41) is 0.712. The van der Waals surface area contributed by atoms with E-state index in [2.05, 4.69) is 80.4 Å². The number of benzene rings is 2. The van der Waals surface area contributed by atoms with Gasteiger partial charge in [-0.3, -0.25) is 4.98 Å². The molecular formula is C28H32ClN. The Morgan fingerprint density at radius 3 is 2.33 bits per heavy atom. The lowest BCUT2D eigenvalue weighted by atomic mass is 9.83. The molecule has 2 aromatic carbocycles. The van der Waals surface area contributed by atoms with Gasteiger partial charge in [0.25, 0.3) is 0 Å². The molecule has 0 N–H and O–H groups in total. The Labute approximate surface area is 186 Å². The highest BCUT2D eigenvalue weighted by atomic mass is 35.5. The first-order chi connectivity index (χ1) is 14.4. The minimum atomic E-state index is 0.288. The fourth-order valence-electron chi connectivity index (χ4n) is 4.62. The zero-order valence-electron chi connectivity index (χ0n) is 18.4. The third-order valence-electron chi connectivity index (χ3n) is 6.11. The molecule has 0 bridgehead atoms. The van der Waals surface area contributed by atoms with Crippen molar-refractivity contribution in [2.45, 2.75) is 65.2 Å². The van der Waals surface area contributed by atoms with Crippen LogP contribution in [0.3, 0.4) is 0 Å². The van der Waals surface area contributed by atoms with E-state index in [9.17, 15) is 0 Å². The van der Waals surface area contributed by atoms with Crippen LogP contribution in [-0.4, -0.2) is 4.98 Å². The SMILES string of the molecule is CC(C)(C)Cc1ccc(-c2cc(-c3cccc(C4CCCCC4)c3)c(Cl)cn2)cc1. The predicted molar refractivity (Wildman–Crippen MR) is 129 cm³/mol. The second-order valence-electron chi connectivity index (χ2n) is 9.94. The molecule has 1 heterocycles. The van der Waals surface area contributed by atoms with Gasteiger partial charge in [-0.05, 0) is 53.4 Å². The third kappa shape index (κ3) is 5.13. The van der Waals surface area contributed by atoms with Crippen molar-refractivity contribution in [1.82, 2.24) is 4.98 Å². The Hall–Kier alpha value is -2.12. The van der Waals surface area contributed by atoms with Crippen LogP contribution >= 0.6 is 11.6 Å². The van der Waals surface area contributed by atoms with Crippen LogP contribution in [0.4, 0.5) is 0 Å². The summed E-state index contributed by atoms with van der Waals surface area (Å²) in [6, 6.07) is 19.9. The van der Waals surface area contributed by atoms with Crippen LogP contribution in [0.1, 0.15) is 69.9 Å². The minimum absolute atomic E-state index is 0.288. The van der Waals surface area contributed by atoms with Gasteiger partial charge in [-0.1, -0.05) is 100 Å². The van der Waals surface area contributed by atoms with Crippen LogP contribution in [0, 0.1) is 5.41 Å². The molecule has 0 saturated heterocycles. The normalized spacial score (nSPS) is 15.3. The van der Waals surface area contributed by atoms with Gasteiger partial charge >= 0.3 is 0 Å². The van der Waals surface area contributed by atoms with Crippen LogP contribution in [0.25, 0.3) is 22.4 Å². The van der Waals surface area contributed by atoms with Crippen molar-refractivity contribution in [3.8, 4) is 22.4 Å². The molecule has 0 unspecified atom stereocenters. The van der Waals surface area contributed by atoms with E-state index in [0.717, 1.165) is 23.2 Å². The fraction of sp³-hybridized carbons (Fsp3) is 0.393. The average Bonchev–Trinajstić information content (AvgIpc) is 2.74. The highest BCUT2D eigenvalue weighted by Gasteiger charge is 2.17. The van der Waals surface area contributed by atoms with Gasteiger partial charge in [-0.2, -0.15) is 0 Å². The lowest BCUT2D eigenvalue weighted by Crippen LogP contribution is -2.08. The number of rotatable bonds is 4. The van der Waals surface area contributed by atoms with E-state index in [1.165, 1.54) is 48.8 Å². The third-order valence-corrected chi connectivity index (χ3v) is 6.41. The molecule has 1 saturated carbocycles. The molecule has 1 aliphatic carbocycles. The zero-order chi connectivity index (χ0) is 21.1. The molecule has 30 heavy (non-hydrogen) atoms. The van der Waals surface area contributed by atoms with Crippen LogP contribution in [0.5, 0.6) is 0 Å². The summed E-state index contributed by atoms with van der Waals surface area (Å²) in [6.45, 7) is 6.82. The standard InChI is InChI=1S/C28H32ClN/c1-28(2,3)18-20-12-14-22(15-13-20)27-17-25(26(29)19-30-27)24-11-7-10-23(16-24)21-8-5-4-6-9-21/h7,10-17,19,21H,4-6,8-9,18H2,1-3H3. The van der Waals surface area contributed by atoms with Crippen molar-refractivity contribution in [2.75, 3.05) is 0 Å². The van der Waals surface area contributed by atoms with E-state index < -0.39 is 0 Å². The van der Waals surface area contributed by atoms with E-state index >= 15 is 0 Å². The maximum atomic E-state index is 6.59. The zero-order valence-corrected chi connectivity index (χ0v) is 19.2. The van der Waals surface area contributed by atoms with Gasteiger partial charge in [0.2, 0.25) is 0 Å². The van der Waals surface area contributed by atoms with Gasteiger partial charge in [0.05, 0.1) is 10.7 Å². The number of hydrogen-bond donors (Lipinski definition) is 0. The second kappa shape index (κ2) is 8.94. The van der Waals surface area contributed by atoms with Gasteiger partial charge in [0.1, 0.15) is 0 Å². The molecule has 2 heteroatoms. The summed E-state index contributed by atoms with van der Waals surface area (Å²) in [7, 11) is 0. The minimum Gasteiger partial charge on any atom is -0.255 e. The van der Waals surface area contributed by atoms with Crippen LogP contribution < -0.4 is 0 Å². The van der Waals surface area contributed by atoms with Gasteiger partial charge in [-0.15, -0.1) is 0 Å². The van der Waals surface area contributed by atoms with E-state index in [0.29, 0.717) is 10.9 Å². The lowest BCUT2D eigenvalue weighted by Gasteiger charge is -2.22. The highest BCUT2D eigenvalue weighted by molar-refractivity contribution is 6.33. The van der Waals surface area contributed by atoms with E-state index in [1.807, 2.05) is 0 Å². The molecule has 1 nitrogen and oxygen atoms in total. The Morgan fingerprint density at radius 1 is 0.900 bits per heavy atom. The summed E-state index contributed by atoms with van der Waals surface area (Å²) in [6.07, 6.45) is 9.55. The second-order valence-corrected chi connectivity index (χ2v) is 10.4. The lowest BCUT2D eigenvalue weighted by molar-refractivity contribution is 0.411. The van der Waals surface area contributed by atoms with E-state index in [-0.39, 0.29) is 5.41 Å². The number of hydrogen-bond acceptors (Lipinski definition) is 1. The number of halogens is 1. The molecule has 1 fully saturated rings. The van der Waals surface area contributed by atoms with Crippen LogP contribution in [-0.2, 0) is 6.42 Å². The molecule has 1 aromatic heterocycles. The Kier molecular flexibility index (Phi) is 6.29. The predicted octanol–water partition coefficient (Wildman–Crippen LogP) is 8.71. The molecule has 0 amide bonds. The first-order valence-corrected chi connectivity index (χ1v) is 11.6. The summed E-state index contributed by atoms with van der Waals surface area (Å²) >= 11 is 6.59. The molecule has 1 aliphatic rings. The number of pyridine rings is 1. The van der Waals surface area contributed by atoms with Crippen molar-refractivity contribution >= 4 is 11.6 Å². The first kappa shape index (κ1) is 21.1. The molecule has 4 rings (SSSR count). The monoisotopic (exact) mass is 417 g/mol. The Bertz CT molecular complexity index is 992. The van der Waals surface area contributed by atoms with Gasteiger partial charge in [0, 0.05) is 17.3 Å². The molecule has 0 aliphatic heterocycles. The molecule has 156 valence electrons. The highest BCUT2D eigenvalue weighted by Crippen LogP contribution is 2.36. The summed E-state index contributed by atoms with van der Waals surface area (Å²) in [5.74, 6) is 0.689. The summed E-state index contributed by atoms with van der Waals surface area (Å²) < 4.78 is 0. The topological polar surface area (TPSA) is 12.9 Å². The number of aromatic nitrogens is 1. The van der Waals surface area contributed by atoms with Crippen LogP contribution in [0.15, 0.2) is 60.8 Å². The largest absolute Gasteiger partial charge is 0.255 e. The number of nitrogens with zero attached hydrogens (tertiary/aromatic N) is 1. The van der Waals surface area contributed by atoms with Crippen molar-refractivity contribution < 1.29 is 0 Å². The maximum Gasteiger partial charge on any atom is 0.0709 e. The van der Waals surface area contributed by atoms with Gasteiger partial charge in [0.15, 0.2) is 0 Å². The quantitative estimate of drug-likeness (QED) is 0.413. The average molecular weight is 418 g/mol. The first-order valence-electron chi connectivity index (χ1n) is 11.2. The smallest absolute Gasteiger partial charge is 0.0709 e. The van der Waals surface area contributed by atoms with Crippen LogP contribution in [0.2, 0.25) is 5.02 Å². The van der Waals surface area contributed by atoms with Crippen molar-refractivity contribution in [3.63, 3.8) is 0 Å². The van der Waals surface area contributed by atoms with Crippen molar-refractivity contribution in [1.29, 1.82) is 0 Å². The Morgan fingerprint density at radius 2 is 1.63 bits per heavy atom. The van der Waals surface area contributed by atoms with Crippen molar-refractivity contribution in [2.24, 2.45) is 5.41 Å². The fourth-order valence-corrected chi connectivity index (χ4v) is 4.83. The van der Waals surface area contributed by atoms with Crippen molar-refractivity contribution in [3.05, 3.63) is 76.9 Å². The van der Waals surface area contributed by atoms with E-state index in [4.69, 9.17) is 11.6 Å². The van der Waals surface area contributed by atoms with Gasteiger partial charge in [-0.25, -0.2) is 0 Å². The van der Waals surface area contributed by atoms with Gasteiger partial charge < -0.3 is 0 Å². The molecule has 3 aromatic rings. The molecule has 0 radical (unpaired) electrons. The molecule has 0 spiro atoms.